The van der Waals surface area contributed by atoms with Gasteiger partial charge in [0.1, 0.15) is 12.6 Å². The topological polar surface area (TPSA) is 105 Å². The third kappa shape index (κ3) is 7.71. The Balaban J connectivity index is 2.12. The number of rotatable bonds is 13. The van der Waals surface area contributed by atoms with Gasteiger partial charge < -0.3 is 19.7 Å². The van der Waals surface area contributed by atoms with Gasteiger partial charge in [-0.15, -0.1) is 0 Å². The zero-order valence-electron chi connectivity index (χ0n) is 23.8. The number of nitrogens with one attached hydrogen (secondary N) is 1. The molecule has 0 aromatic heterocycles. The number of halogens is 1. The molecule has 3 aromatic carbocycles. The van der Waals surface area contributed by atoms with E-state index in [9.17, 15) is 18.0 Å². The first-order valence-electron chi connectivity index (χ1n) is 13.2. The predicted molar refractivity (Wildman–Crippen MR) is 160 cm³/mol. The van der Waals surface area contributed by atoms with Crippen molar-refractivity contribution in [3.63, 3.8) is 0 Å². The van der Waals surface area contributed by atoms with Crippen LogP contribution in [0.3, 0.4) is 0 Å². The van der Waals surface area contributed by atoms with Crippen molar-refractivity contribution < 1.29 is 27.5 Å². The molecule has 2 amide bonds. The predicted octanol–water partition coefficient (Wildman–Crippen LogP) is 4.88. The molecule has 0 heterocycles. The summed E-state index contributed by atoms with van der Waals surface area (Å²) in [6, 6.07) is 18.4. The average molecular weight is 602 g/mol. The molecular formula is C30H36ClN3O6S. The fourth-order valence-corrected chi connectivity index (χ4v) is 5.96. The number of carbonyl (C=O) groups is 2. The first kappa shape index (κ1) is 31.8. The van der Waals surface area contributed by atoms with Crippen LogP contribution < -0.4 is 19.1 Å². The van der Waals surface area contributed by atoms with Crippen molar-refractivity contribution >= 4 is 39.1 Å². The fourth-order valence-electron chi connectivity index (χ4n) is 4.34. The van der Waals surface area contributed by atoms with Crippen molar-refractivity contribution in [1.29, 1.82) is 0 Å². The molecule has 1 atom stereocenters. The van der Waals surface area contributed by atoms with E-state index in [1.807, 2.05) is 13.8 Å². The van der Waals surface area contributed by atoms with Gasteiger partial charge in [-0.3, -0.25) is 13.9 Å². The minimum atomic E-state index is -4.22. The number of amides is 2. The zero-order chi connectivity index (χ0) is 30.2. The highest BCUT2D eigenvalue weighted by molar-refractivity contribution is 7.92. The first-order chi connectivity index (χ1) is 19.5. The van der Waals surface area contributed by atoms with Gasteiger partial charge in [0.25, 0.3) is 10.0 Å². The summed E-state index contributed by atoms with van der Waals surface area (Å²) in [6.07, 6.45) is 0.302. The van der Waals surface area contributed by atoms with Gasteiger partial charge in [0, 0.05) is 23.7 Å². The monoisotopic (exact) mass is 601 g/mol. The van der Waals surface area contributed by atoms with E-state index in [0.29, 0.717) is 28.5 Å². The summed E-state index contributed by atoms with van der Waals surface area (Å²) in [4.78, 5) is 28.7. The SMILES string of the molecule is CC[C@H](C(=O)NC(C)C)N(Cc1ccccc1Cl)C(=O)CN(c1ccc(OC)c(OC)c1)S(=O)(=O)c1ccccc1. The standard InChI is InChI=1S/C30H36ClN3O6S/c1-6-26(30(36)32-21(2)3)33(19-22-12-10-11-15-25(22)31)29(35)20-34(41(37,38)24-13-8-7-9-14-24)23-16-17-27(39-4)28(18-23)40-5/h7-18,21,26H,6,19-20H2,1-5H3,(H,32,36)/t26-/m1/s1. The molecule has 0 spiro atoms. The summed E-state index contributed by atoms with van der Waals surface area (Å²) in [5, 5.41) is 3.30. The van der Waals surface area contributed by atoms with Crippen molar-refractivity contribution in [2.24, 2.45) is 0 Å². The van der Waals surface area contributed by atoms with E-state index in [0.717, 1.165) is 4.31 Å². The highest BCUT2D eigenvalue weighted by Gasteiger charge is 2.34. The summed E-state index contributed by atoms with van der Waals surface area (Å²) in [6.45, 7) is 4.88. The highest BCUT2D eigenvalue weighted by Crippen LogP contribution is 2.34. The number of methoxy groups -OCH3 is 2. The normalized spacial score (nSPS) is 12.0. The smallest absolute Gasteiger partial charge is 0.264 e. The Hall–Kier alpha value is -3.76. The van der Waals surface area contributed by atoms with Crippen LogP contribution in [0.2, 0.25) is 5.02 Å². The Morgan fingerprint density at radius 1 is 0.927 bits per heavy atom. The Labute approximate surface area is 247 Å². The zero-order valence-corrected chi connectivity index (χ0v) is 25.4. The molecule has 0 fully saturated rings. The lowest BCUT2D eigenvalue weighted by molar-refractivity contribution is -0.140. The molecule has 0 aliphatic carbocycles. The number of carbonyl (C=O) groups excluding carboxylic acids is 2. The number of ether oxygens (including phenoxy) is 2. The molecule has 0 aliphatic rings. The molecule has 1 N–H and O–H groups in total. The maximum Gasteiger partial charge on any atom is 0.264 e. The van der Waals surface area contributed by atoms with Crippen LogP contribution in [-0.2, 0) is 26.2 Å². The van der Waals surface area contributed by atoms with Crippen LogP contribution in [0.1, 0.15) is 32.8 Å². The van der Waals surface area contributed by atoms with E-state index in [4.69, 9.17) is 21.1 Å². The van der Waals surface area contributed by atoms with E-state index >= 15 is 0 Å². The Morgan fingerprint density at radius 2 is 1.56 bits per heavy atom. The number of benzene rings is 3. The molecule has 41 heavy (non-hydrogen) atoms. The summed E-state index contributed by atoms with van der Waals surface area (Å²) in [5.74, 6) is -0.228. The van der Waals surface area contributed by atoms with Gasteiger partial charge in [-0.2, -0.15) is 0 Å². The summed E-state index contributed by atoms with van der Waals surface area (Å²) >= 11 is 6.43. The van der Waals surface area contributed by atoms with Crippen LogP contribution in [0, 0.1) is 0 Å². The van der Waals surface area contributed by atoms with E-state index in [1.54, 1.807) is 55.5 Å². The van der Waals surface area contributed by atoms with Crippen LogP contribution in [0.5, 0.6) is 11.5 Å². The van der Waals surface area contributed by atoms with Crippen LogP contribution in [0.4, 0.5) is 5.69 Å². The summed E-state index contributed by atoms with van der Waals surface area (Å²) in [7, 11) is -1.31. The molecule has 0 bridgehead atoms. The molecule has 0 unspecified atom stereocenters. The van der Waals surface area contributed by atoms with E-state index in [1.165, 1.54) is 43.4 Å². The molecule has 9 nitrogen and oxygen atoms in total. The summed E-state index contributed by atoms with van der Waals surface area (Å²) < 4.78 is 39.7. The third-order valence-corrected chi connectivity index (χ3v) is 8.54. The van der Waals surface area contributed by atoms with E-state index < -0.39 is 28.5 Å². The minimum Gasteiger partial charge on any atom is -0.493 e. The molecule has 0 aliphatic heterocycles. The largest absolute Gasteiger partial charge is 0.493 e. The highest BCUT2D eigenvalue weighted by atomic mass is 35.5. The van der Waals surface area contributed by atoms with Crippen LogP contribution >= 0.6 is 11.6 Å². The second-order valence-electron chi connectivity index (χ2n) is 9.56. The molecule has 11 heteroatoms. The third-order valence-electron chi connectivity index (χ3n) is 6.38. The van der Waals surface area contributed by atoms with Crippen molar-refractivity contribution in [2.75, 3.05) is 25.1 Å². The van der Waals surface area contributed by atoms with Crippen LogP contribution in [0.25, 0.3) is 0 Å². The van der Waals surface area contributed by atoms with Crippen molar-refractivity contribution in [3.8, 4) is 11.5 Å². The van der Waals surface area contributed by atoms with Gasteiger partial charge in [-0.25, -0.2) is 8.42 Å². The molecule has 0 saturated carbocycles. The summed E-state index contributed by atoms with van der Waals surface area (Å²) in [5.41, 5.74) is 0.819. The van der Waals surface area contributed by atoms with Gasteiger partial charge in [-0.1, -0.05) is 54.9 Å². The number of hydrogen-bond acceptors (Lipinski definition) is 6. The van der Waals surface area contributed by atoms with Crippen molar-refractivity contribution in [2.45, 2.75) is 50.7 Å². The maximum absolute atomic E-state index is 14.1. The van der Waals surface area contributed by atoms with E-state index in [2.05, 4.69) is 5.32 Å². The first-order valence-corrected chi connectivity index (χ1v) is 15.0. The van der Waals surface area contributed by atoms with Gasteiger partial charge in [0.2, 0.25) is 11.8 Å². The second kappa shape index (κ2) is 14.2. The van der Waals surface area contributed by atoms with Gasteiger partial charge in [0.15, 0.2) is 11.5 Å². The Morgan fingerprint density at radius 3 is 2.15 bits per heavy atom. The van der Waals surface area contributed by atoms with Gasteiger partial charge in [-0.05, 0) is 56.2 Å². The Bertz CT molecular complexity index is 1450. The number of nitrogens with zero attached hydrogens (tertiary/aromatic N) is 2. The lowest BCUT2D eigenvalue weighted by Crippen LogP contribution is -2.53. The maximum atomic E-state index is 14.1. The van der Waals surface area contributed by atoms with E-state index in [-0.39, 0.29) is 29.1 Å². The fraction of sp³-hybridized carbons (Fsp3) is 0.333. The van der Waals surface area contributed by atoms with Crippen molar-refractivity contribution in [1.82, 2.24) is 10.2 Å². The quantitative estimate of drug-likeness (QED) is 0.299. The average Bonchev–Trinajstić information content (AvgIpc) is 2.96. The minimum absolute atomic E-state index is 0.00447. The lowest BCUT2D eigenvalue weighted by atomic mass is 10.1. The second-order valence-corrected chi connectivity index (χ2v) is 11.8. The number of sulfonamides is 1. The lowest BCUT2D eigenvalue weighted by Gasteiger charge is -2.33. The molecule has 3 aromatic rings. The van der Waals surface area contributed by atoms with Gasteiger partial charge in [0.05, 0.1) is 24.8 Å². The molecule has 220 valence electrons. The van der Waals surface area contributed by atoms with Crippen molar-refractivity contribution in [3.05, 3.63) is 83.4 Å². The number of hydrogen-bond donors (Lipinski definition) is 1. The van der Waals surface area contributed by atoms with Crippen LogP contribution in [0.15, 0.2) is 77.7 Å². The Kier molecular flexibility index (Phi) is 11.0. The van der Waals surface area contributed by atoms with Crippen LogP contribution in [-0.4, -0.2) is 58.0 Å². The molecule has 0 saturated heterocycles. The molecule has 3 rings (SSSR count). The number of anilines is 1. The molecular weight excluding hydrogens is 566 g/mol. The van der Waals surface area contributed by atoms with Gasteiger partial charge >= 0.3 is 0 Å². The molecule has 0 radical (unpaired) electrons.